The van der Waals surface area contributed by atoms with E-state index in [0.29, 0.717) is 6.42 Å². The Morgan fingerprint density at radius 3 is 2.40 bits per heavy atom. The SMILES string of the molecule is CCC(C)(C)NC(=O)C(O)C(N)Cc1ccccc1.Cl. The summed E-state index contributed by atoms with van der Waals surface area (Å²) in [6.45, 7) is 5.82. The molecule has 2 unspecified atom stereocenters. The van der Waals surface area contributed by atoms with Crippen LogP contribution in [0.5, 0.6) is 0 Å². The summed E-state index contributed by atoms with van der Waals surface area (Å²) in [4.78, 5) is 11.9. The lowest BCUT2D eigenvalue weighted by Crippen LogP contribution is -2.53. The Kier molecular flexibility index (Phi) is 7.79. The maximum Gasteiger partial charge on any atom is 0.250 e. The molecule has 0 aliphatic carbocycles. The lowest BCUT2D eigenvalue weighted by atomic mass is 9.98. The first kappa shape index (κ1) is 18.9. The first-order valence-corrected chi connectivity index (χ1v) is 6.65. The number of aliphatic hydroxyl groups excluding tert-OH is 1. The van der Waals surface area contributed by atoms with Crippen molar-refractivity contribution in [1.29, 1.82) is 0 Å². The summed E-state index contributed by atoms with van der Waals surface area (Å²) in [6.07, 6.45) is 0.0764. The van der Waals surface area contributed by atoms with Crippen LogP contribution in [0.15, 0.2) is 30.3 Å². The van der Waals surface area contributed by atoms with Crippen molar-refractivity contribution in [1.82, 2.24) is 5.32 Å². The van der Waals surface area contributed by atoms with Crippen molar-refractivity contribution in [2.45, 2.75) is 51.3 Å². The topological polar surface area (TPSA) is 75.3 Å². The number of nitrogens with one attached hydrogen (secondary N) is 1. The highest BCUT2D eigenvalue weighted by Crippen LogP contribution is 2.09. The van der Waals surface area contributed by atoms with Crippen LogP contribution in [0.4, 0.5) is 0 Å². The Morgan fingerprint density at radius 2 is 1.90 bits per heavy atom. The predicted octanol–water partition coefficient (Wildman–Crippen LogP) is 1.64. The van der Waals surface area contributed by atoms with Crippen molar-refractivity contribution >= 4 is 18.3 Å². The molecule has 20 heavy (non-hydrogen) atoms. The number of amides is 1. The van der Waals surface area contributed by atoms with E-state index in [-0.39, 0.29) is 17.9 Å². The van der Waals surface area contributed by atoms with E-state index in [1.807, 2.05) is 51.1 Å². The number of hydrogen-bond acceptors (Lipinski definition) is 3. The molecule has 2 atom stereocenters. The van der Waals surface area contributed by atoms with Gasteiger partial charge in [0.05, 0.1) is 0 Å². The van der Waals surface area contributed by atoms with Gasteiger partial charge in [0.25, 0.3) is 5.91 Å². The zero-order valence-electron chi connectivity index (χ0n) is 12.3. The van der Waals surface area contributed by atoms with Gasteiger partial charge in [-0.1, -0.05) is 37.3 Å². The largest absolute Gasteiger partial charge is 0.382 e. The molecule has 0 radical (unpaired) electrons. The zero-order valence-corrected chi connectivity index (χ0v) is 13.1. The van der Waals surface area contributed by atoms with E-state index >= 15 is 0 Å². The maximum atomic E-state index is 11.9. The van der Waals surface area contributed by atoms with Gasteiger partial charge in [-0.3, -0.25) is 4.79 Å². The molecule has 4 nitrogen and oxygen atoms in total. The fraction of sp³-hybridized carbons (Fsp3) is 0.533. The van der Waals surface area contributed by atoms with Crippen LogP contribution in [0.25, 0.3) is 0 Å². The molecule has 1 amide bonds. The monoisotopic (exact) mass is 300 g/mol. The van der Waals surface area contributed by atoms with Gasteiger partial charge in [0.2, 0.25) is 0 Å². The summed E-state index contributed by atoms with van der Waals surface area (Å²) in [5.74, 6) is -0.407. The van der Waals surface area contributed by atoms with E-state index in [1.165, 1.54) is 0 Å². The van der Waals surface area contributed by atoms with Gasteiger partial charge in [-0.2, -0.15) is 0 Å². The van der Waals surface area contributed by atoms with Gasteiger partial charge >= 0.3 is 0 Å². The van der Waals surface area contributed by atoms with Gasteiger partial charge in [-0.15, -0.1) is 12.4 Å². The fourth-order valence-electron chi connectivity index (χ4n) is 1.69. The molecule has 1 aromatic carbocycles. The molecule has 0 fully saturated rings. The van der Waals surface area contributed by atoms with Crippen molar-refractivity contribution in [2.24, 2.45) is 5.73 Å². The van der Waals surface area contributed by atoms with Gasteiger partial charge in [0.1, 0.15) is 6.10 Å². The molecule has 0 heterocycles. The molecular formula is C15H25ClN2O2. The minimum absolute atomic E-state index is 0. The summed E-state index contributed by atoms with van der Waals surface area (Å²) in [7, 11) is 0. The highest BCUT2D eigenvalue weighted by Gasteiger charge is 2.27. The Hall–Kier alpha value is -1.10. The Balaban J connectivity index is 0.00000361. The third kappa shape index (κ3) is 5.90. The molecule has 1 rings (SSSR count). The number of carbonyl (C=O) groups is 1. The normalized spacial score (nSPS) is 14.1. The first-order chi connectivity index (χ1) is 8.85. The van der Waals surface area contributed by atoms with Gasteiger partial charge < -0.3 is 16.2 Å². The third-order valence-corrected chi connectivity index (χ3v) is 3.33. The van der Waals surface area contributed by atoms with Crippen LogP contribution in [0.2, 0.25) is 0 Å². The van der Waals surface area contributed by atoms with Crippen molar-refractivity contribution in [3.63, 3.8) is 0 Å². The van der Waals surface area contributed by atoms with Crippen molar-refractivity contribution in [2.75, 3.05) is 0 Å². The van der Waals surface area contributed by atoms with Crippen LogP contribution in [-0.4, -0.2) is 28.7 Å². The number of nitrogens with two attached hydrogens (primary N) is 1. The second-order valence-corrected chi connectivity index (χ2v) is 5.53. The molecular weight excluding hydrogens is 276 g/mol. The molecule has 4 N–H and O–H groups in total. The predicted molar refractivity (Wildman–Crippen MR) is 83.9 cm³/mol. The van der Waals surface area contributed by atoms with Crippen LogP contribution in [0.3, 0.4) is 0 Å². The van der Waals surface area contributed by atoms with Gasteiger partial charge in [-0.05, 0) is 32.3 Å². The molecule has 0 aliphatic heterocycles. The smallest absolute Gasteiger partial charge is 0.250 e. The van der Waals surface area contributed by atoms with Gasteiger partial charge in [0.15, 0.2) is 0 Å². The molecule has 5 heteroatoms. The molecule has 114 valence electrons. The summed E-state index contributed by atoms with van der Waals surface area (Å²) in [5, 5.41) is 12.8. The van der Waals surface area contributed by atoms with E-state index < -0.39 is 18.1 Å². The van der Waals surface area contributed by atoms with Crippen LogP contribution in [-0.2, 0) is 11.2 Å². The quantitative estimate of drug-likeness (QED) is 0.747. The van der Waals surface area contributed by atoms with Crippen LogP contribution in [0.1, 0.15) is 32.8 Å². The second kappa shape index (κ2) is 8.25. The molecule has 0 saturated heterocycles. The minimum atomic E-state index is -1.19. The van der Waals surface area contributed by atoms with E-state index in [4.69, 9.17) is 5.73 Å². The summed E-state index contributed by atoms with van der Waals surface area (Å²) >= 11 is 0. The number of hydrogen-bond donors (Lipinski definition) is 3. The summed E-state index contributed by atoms with van der Waals surface area (Å²) in [6, 6.07) is 9.00. The number of rotatable bonds is 6. The van der Waals surface area contributed by atoms with Crippen molar-refractivity contribution < 1.29 is 9.90 Å². The van der Waals surface area contributed by atoms with Gasteiger partial charge in [0, 0.05) is 11.6 Å². The van der Waals surface area contributed by atoms with Crippen LogP contribution in [0, 0.1) is 0 Å². The highest BCUT2D eigenvalue weighted by molar-refractivity contribution is 5.85. The summed E-state index contributed by atoms with van der Waals surface area (Å²) in [5.41, 5.74) is 6.58. The number of halogens is 1. The first-order valence-electron chi connectivity index (χ1n) is 6.65. The second-order valence-electron chi connectivity index (χ2n) is 5.53. The number of benzene rings is 1. The lowest BCUT2D eigenvalue weighted by Gasteiger charge is -2.27. The van der Waals surface area contributed by atoms with Crippen LogP contribution < -0.4 is 11.1 Å². The van der Waals surface area contributed by atoms with E-state index in [0.717, 1.165) is 12.0 Å². The summed E-state index contributed by atoms with van der Waals surface area (Å²) < 4.78 is 0. The average molecular weight is 301 g/mol. The van der Waals surface area contributed by atoms with Crippen molar-refractivity contribution in [3.8, 4) is 0 Å². The van der Waals surface area contributed by atoms with Crippen LogP contribution >= 0.6 is 12.4 Å². The van der Waals surface area contributed by atoms with E-state index in [9.17, 15) is 9.90 Å². The average Bonchev–Trinajstić information content (AvgIpc) is 2.38. The maximum absolute atomic E-state index is 11.9. The Labute approximate surface area is 127 Å². The highest BCUT2D eigenvalue weighted by atomic mass is 35.5. The molecule has 1 aromatic rings. The molecule has 0 aliphatic rings. The molecule has 0 spiro atoms. The molecule has 0 bridgehead atoms. The third-order valence-electron chi connectivity index (χ3n) is 3.33. The lowest BCUT2D eigenvalue weighted by molar-refractivity contribution is -0.132. The van der Waals surface area contributed by atoms with Crippen molar-refractivity contribution in [3.05, 3.63) is 35.9 Å². The molecule has 0 saturated carbocycles. The Morgan fingerprint density at radius 1 is 1.35 bits per heavy atom. The van der Waals surface area contributed by atoms with E-state index in [2.05, 4.69) is 5.32 Å². The number of aliphatic hydroxyl groups is 1. The standard InChI is InChI=1S/C15H24N2O2.ClH/c1-4-15(2,3)17-14(19)13(18)12(16)10-11-8-6-5-7-9-11;/h5-9,12-13,18H,4,10,16H2,1-3H3,(H,17,19);1H. The zero-order chi connectivity index (χ0) is 14.5. The Bertz CT molecular complexity index is 410. The fourth-order valence-corrected chi connectivity index (χ4v) is 1.69. The molecule has 0 aromatic heterocycles. The minimum Gasteiger partial charge on any atom is -0.382 e. The van der Waals surface area contributed by atoms with Gasteiger partial charge in [-0.25, -0.2) is 0 Å². The number of carbonyl (C=O) groups excluding carboxylic acids is 1. The van der Waals surface area contributed by atoms with E-state index in [1.54, 1.807) is 0 Å².